The van der Waals surface area contributed by atoms with Crippen molar-refractivity contribution in [2.24, 2.45) is 5.10 Å². The van der Waals surface area contributed by atoms with E-state index in [0.717, 1.165) is 28.3 Å². The largest absolute Gasteiger partial charge is 0.496 e. The average molecular weight is 396 g/mol. The van der Waals surface area contributed by atoms with Crippen molar-refractivity contribution in [3.05, 3.63) is 102 Å². The third-order valence-corrected chi connectivity index (χ3v) is 4.79. The molecule has 1 heterocycles. The molecule has 1 aromatic heterocycles. The van der Waals surface area contributed by atoms with Crippen LogP contribution in [0, 0.1) is 6.92 Å². The Morgan fingerprint density at radius 2 is 1.70 bits per heavy atom. The molecule has 0 amide bonds. The molecular formula is C25H24N4O. The molecule has 0 aliphatic rings. The molecule has 4 aromatic rings. The Labute approximate surface area is 176 Å². The van der Waals surface area contributed by atoms with Crippen LogP contribution >= 0.6 is 0 Å². The first-order valence-electron chi connectivity index (χ1n) is 9.83. The van der Waals surface area contributed by atoms with Gasteiger partial charge in [0, 0.05) is 17.3 Å². The van der Waals surface area contributed by atoms with Gasteiger partial charge in [0.15, 0.2) is 0 Å². The molecule has 4 rings (SSSR count). The Balaban J connectivity index is 1.66. The number of benzene rings is 3. The van der Waals surface area contributed by atoms with Gasteiger partial charge in [0.1, 0.15) is 11.4 Å². The van der Waals surface area contributed by atoms with Crippen LogP contribution in [0.2, 0.25) is 0 Å². The number of hydrazone groups is 1. The SMILES string of the molecule is COc1ccccc1-c1nn(Cc2ccccc2)cc1/C=N\Nc1ccc(C)cc1. The summed E-state index contributed by atoms with van der Waals surface area (Å²) in [5, 5.41) is 9.27. The number of anilines is 1. The van der Waals surface area contributed by atoms with Crippen molar-refractivity contribution in [3.63, 3.8) is 0 Å². The highest BCUT2D eigenvalue weighted by Gasteiger charge is 2.14. The Bertz CT molecular complexity index is 1130. The minimum Gasteiger partial charge on any atom is -0.496 e. The molecule has 30 heavy (non-hydrogen) atoms. The maximum atomic E-state index is 5.56. The lowest BCUT2D eigenvalue weighted by Crippen LogP contribution is -2.00. The van der Waals surface area contributed by atoms with Crippen molar-refractivity contribution < 1.29 is 4.74 Å². The summed E-state index contributed by atoms with van der Waals surface area (Å²) in [5.41, 5.74) is 9.10. The average Bonchev–Trinajstić information content (AvgIpc) is 3.18. The second-order valence-electron chi connectivity index (χ2n) is 7.05. The van der Waals surface area contributed by atoms with Crippen LogP contribution in [0.25, 0.3) is 11.3 Å². The van der Waals surface area contributed by atoms with Crippen LogP contribution in [-0.4, -0.2) is 23.1 Å². The first kappa shape index (κ1) is 19.5. The fourth-order valence-electron chi connectivity index (χ4n) is 3.24. The fourth-order valence-corrected chi connectivity index (χ4v) is 3.24. The smallest absolute Gasteiger partial charge is 0.128 e. The van der Waals surface area contributed by atoms with Crippen molar-refractivity contribution in [1.82, 2.24) is 9.78 Å². The van der Waals surface area contributed by atoms with Crippen LogP contribution in [-0.2, 0) is 6.54 Å². The van der Waals surface area contributed by atoms with Gasteiger partial charge < -0.3 is 4.74 Å². The van der Waals surface area contributed by atoms with Gasteiger partial charge in [0.25, 0.3) is 0 Å². The molecule has 0 spiro atoms. The van der Waals surface area contributed by atoms with Crippen LogP contribution in [0.5, 0.6) is 5.75 Å². The van der Waals surface area contributed by atoms with Gasteiger partial charge in [-0.1, -0.05) is 60.2 Å². The predicted octanol–water partition coefficient (Wildman–Crippen LogP) is 5.36. The number of ether oxygens (including phenoxy) is 1. The molecule has 0 unspecified atom stereocenters. The van der Waals surface area contributed by atoms with Crippen molar-refractivity contribution in [2.75, 3.05) is 12.5 Å². The van der Waals surface area contributed by atoms with Gasteiger partial charge in [-0.05, 0) is 36.8 Å². The van der Waals surface area contributed by atoms with Gasteiger partial charge in [-0.3, -0.25) is 10.1 Å². The van der Waals surface area contributed by atoms with E-state index in [-0.39, 0.29) is 0 Å². The normalized spacial score (nSPS) is 11.0. The van der Waals surface area contributed by atoms with Crippen LogP contribution in [0.15, 0.2) is 90.2 Å². The maximum Gasteiger partial charge on any atom is 0.128 e. The van der Waals surface area contributed by atoms with E-state index in [0.29, 0.717) is 6.54 Å². The number of hydrogen-bond acceptors (Lipinski definition) is 4. The van der Waals surface area contributed by atoms with Crippen molar-refractivity contribution in [3.8, 4) is 17.0 Å². The van der Waals surface area contributed by atoms with E-state index in [4.69, 9.17) is 9.84 Å². The molecule has 0 saturated heterocycles. The summed E-state index contributed by atoms with van der Waals surface area (Å²) in [7, 11) is 1.67. The van der Waals surface area contributed by atoms with Crippen molar-refractivity contribution in [1.29, 1.82) is 0 Å². The number of rotatable bonds is 7. The summed E-state index contributed by atoms with van der Waals surface area (Å²) in [4.78, 5) is 0. The van der Waals surface area contributed by atoms with E-state index >= 15 is 0 Å². The summed E-state index contributed by atoms with van der Waals surface area (Å²) in [6.45, 7) is 2.75. The molecule has 0 atom stereocenters. The highest BCUT2D eigenvalue weighted by Crippen LogP contribution is 2.30. The van der Waals surface area contributed by atoms with Gasteiger partial charge in [-0.2, -0.15) is 10.2 Å². The molecule has 5 heteroatoms. The standard InChI is InChI=1S/C25H24N4O/c1-19-12-14-22(15-13-19)27-26-16-21-18-29(17-20-8-4-3-5-9-20)28-25(21)23-10-6-7-11-24(23)30-2/h3-16,18,27H,17H2,1-2H3/b26-16-. The summed E-state index contributed by atoms with van der Waals surface area (Å²) < 4.78 is 7.49. The van der Waals surface area contributed by atoms with E-state index in [2.05, 4.69) is 41.7 Å². The van der Waals surface area contributed by atoms with E-state index in [1.54, 1.807) is 13.3 Å². The highest BCUT2D eigenvalue weighted by molar-refractivity contribution is 5.90. The summed E-state index contributed by atoms with van der Waals surface area (Å²) in [6.07, 6.45) is 3.81. The summed E-state index contributed by atoms with van der Waals surface area (Å²) in [6, 6.07) is 26.3. The molecule has 0 aliphatic heterocycles. The monoisotopic (exact) mass is 396 g/mol. The predicted molar refractivity (Wildman–Crippen MR) is 122 cm³/mol. The zero-order valence-electron chi connectivity index (χ0n) is 17.1. The topological polar surface area (TPSA) is 51.4 Å². The lowest BCUT2D eigenvalue weighted by molar-refractivity contribution is 0.416. The molecule has 3 aromatic carbocycles. The zero-order valence-corrected chi connectivity index (χ0v) is 17.1. The van der Waals surface area contributed by atoms with E-state index in [1.807, 2.05) is 65.5 Å². The van der Waals surface area contributed by atoms with E-state index in [9.17, 15) is 0 Å². The number of nitrogens with one attached hydrogen (secondary N) is 1. The second kappa shape index (κ2) is 9.09. The summed E-state index contributed by atoms with van der Waals surface area (Å²) >= 11 is 0. The minimum absolute atomic E-state index is 0.683. The van der Waals surface area contributed by atoms with Crippen LogP contribution in [0.1, 0.15) is 16.7 Å². The molecule has 0 saturated carbocycles. The highest BCUT2D eigenvalue weighted by atomic mass is 16.5. The lowest BCUT2D eigenvalue weighted by atomic mass is 10.1. The van der Waals surface area contributed by atoms with Crippen LogP contribution in [0.4, 0.5) is 5.69 Å². The van der Waals surface area contributed by atoms with Gasteiger partial charge in [-0.25, -0.2) is 0 Å². The molecule has 5 nitrogen and oxygen atoms in total. The lowest BCUT2D eigenvalue weighted by Gasteiger charge is -2.06. The third-order valence-electron chi connectivity index (χ3n) is 4.79. The maximum absolute atomic E-state index is 5.56. The molecule has 1 N–H and O–H groups in total. The molecular weight excluding hydrogens is 372 g/mol. The first-order valence-corrected chi connectivity index (χ1v) is 9.83. The molecule has 0 radical (unpaired) electrons. The number of aromatic nitrogens is 2. The number of hydrogen-bond donors (Lipinski definition) is 1. The molecule has 0 fully saturated rings. The Kier molecular flexibility index (Phi) is 5.90. The molecule has 0 bridgehead atoms. The van der Waals surface area contributed by atoms with Crippen molar-refractivity contribution in [2.45, 2.75) is 13.5 Å². The first-order chi connectivity index (χ1) is 14.7. The molecule has 150 valence electrons. The summed E-state index contributed by atoms with van der Waals surface area (Å²) in [5.74, 6) is 0.781. The van der Waals surface area contributed by atoms with Crippen LogP contribution in [0.3, 0.4) is 0 Å². The number of aryl methyl sites for hydroxylation is 1. The number of nitrogens with zero attached hydrogens (tertiary/aromatic N) is 3. The molecule has 0 aliphatic carbocycles. The van der Waals surface area contributed by atoms with Gasteiger partial charge in [0.2, 0.25) is 0 Å². The third kappa shape index (κ3) is 4.58. The Hall–Kier alpha value is -3.86. The van der Waals surface area contributed by atoms with E-state index < -0.39 is 0 Å². The second-order valence-corrected chi connectivity index (χ2v) is 7.05. The Morgan fingerprint density at radius 1 is 0.967 bits per heavy atom. The van der Waals surface area contributed by atoms with Crippen molar-refractivity contribution >= 4 is 11.9 Å². The minimum atomic E-state index is 0.683. The Morgan fingerprint density at radius 3 is 2.47 bits per heavy atom. The number of methoxy groups -OCH3 is 1. The van der Waals surface area contributed by atoms with Gasteiger partial charge in [-0.15, -0.1) is 0 Å². The van der Waals surface area contributed by atoms with E-state index in [1.165, 1.54) is 11.1 Å². The van der Waals surface area contributed by atoms with Gasteiger partial charge >= 0.3 is 0 Å². The zero-order chi connectivity index (χ0) is 20.8. The van der Waals surface area contributed by atoms with Gasteiger partial charge in [0.05, 0.1) is 25.6 Å². The quantitative estimate of drug-likeness (QED) is 0.338. The van der Waals surface area contributed by atoms with Crippen LogP contribution < -0.4 is 10.2 Å². The fraction of sp³-hybridized carbons (Fsp3) is 0.120. The number of para-hydroxylation sites is 1.